The van der Waals surface area contributed by atoms with Gasteiger partial charge in [0.1, 0.15) is 16.8 Å². The number of ether oxygens (including phenoxy) is 1. The summed E-state index contributed by atoms with van der Waals surface area (Å²) in [5.74, 6) is 1.39. The quantitative estimate of drug-likeness (QED) is 0.594. The van der Waals surface area contributed by atoms with Crippen molar-refractivity contribution in [1.29, 1.82) is 5.26 Å². The molecule has 2 rings (SSSR count). The van der Waals surface area contributed by atoms with E-state index < -0.39 is 0 Å². The van der Waals surface area contributed by atoms with E-state index in [0.717, 1.165) is 17.7 Å². The summed E-state index contributed by atoms with van der Waals surface area (Å²) in [7, 11) is 1.53. The van der Waals surface area contributed by atoms with Crippen LogP contribution < -0.4 is 10.1 Å². The topological polar surface area (TPSA) is 75.0 Å². The summed E-state index contributed by atoms with van der Waals surface area (Å²) >= 11 is 7.52. The van der Waals surface area contributed by atoms with E-state index in [4.69, 9.17) is 16.3 Å². The van der Waals surface area contributed by atoms with Crippen molar-refractivity contribution < 1.29 is 9.53 Å². The Labute approximate surface area is 175 Å². The monoisotopic (exact) mass is 417 g/mol. The Morgan fingerprint density at radius 3 is 2.79 bits per heavy atom. The molecule has 0 unspecified atom stereocenters. The molecule has 1 heterocycles. The highest BCUT2D eigenvalue weighted by atomic mass is 35.5. The number of nitrogens with zero attached hydrogens (tertiary/aromatic N) is 2. The summed E-state index contributed by atoms with van der Waals surface area (Å²) in [6.45, 7) is 6.13. The first-order chi connectivity index (χ1) is 13.3. The van der Waals surface area contributed by atoms with Crippen LogP contribution >= 0.6 is 23.4 Å². The smallest absolute Gasteiger partial charge is 0.225 e. The van der Waals surface area contributed by atoms with Crippen molar-refractivity contribution in [3.05, 3.63) is 46.1 Å². The molecule has 5 nitrogen and oxygen atoms in total. The number of anilines is 1. The predicted molar refractivity (Wildman–Crippen MR) is 114 cm³/mol. The Morgan fingerprint density at radius 2 is 2.14 bits per heavy atom. The molecule has 0 radical (unpaired) electrons. The van der Waals surface area contributed by atoms with Gasteiger partial charge < -0.3 is 10.1 Å². The lowest BCUT2D eigenvalue weighted by Crippen LogP contribution is -2.13. The Bertz CT molecular complexity index is 894. The number of carbonyl (C=O) groups excluding carboxylic acids is 1. The van der Waals surface area contributed by atoms with Gasteiger partial charge in [0.25, 0.3) is 0 Å². The van der Waals surface area contributed by atoms with Gasteiger partial charge in [-0.15, -0.1) is 11.8 Å². The molecule has 0 saturated heterocycles. The third-order valence-corrected chi connectivity index (χ3v) is 5.38. The number of benzene rings is 1. The number of nitriles is 1. The largest absolute Gasteiger partial charge is 0.495 e. The second kappa shape index (κ2) is 10.4. The van der Waals surface area contributed by atoms with Gasteiger partial charge in [-0.3, -0.25) is 4.79 Å². The first kappa shape index (κ1) is 22.1. The van der Waals surface area contributed by atoms with Crippen molar-refractivity contribution in [2.24, 2.45) is 5.92 Å². The molecular formula is C21H24ClN3O2S. The molecule has 7 heteroatoms. The van der Waals surface area contributed by atoms with E-state index in [0.29, 0.717) is 38.7 Å². The van der Waals surface area contributed by atoms with Crippen LogP contribution in [0.5, 0.6) is 5.75 Å². The number of hydrogen-bond acceptors (Lipinski definition) is 5. The summed E-state index contributed by atoms with van der Waals surface area (Å²) in [5, 5.41) is 13.4. The SMILES string of the molecule is COc1cc(Cl)c(C)cc1NC(=O)CCSc1nc(CC(C)C)ccc1C#N. The summed E-state index contributed by atoms with van der Waals surface area (Å²) < 4.78 is 5.28. The fourth-order valence-corrected chi connectivity index (χ4v) is 3.67. The first-order valence-corrected chi connectivity index (χ1v) is 10.4. The number of carbonyl (C=O) groups is 1. The summed E-state index contributed by atoms with van der Waals surface area (Å²) in [6, 6.07) is 9.33. The average Bonchev–Trinajstić information content (AvgIpc) is 2.64. The number of pyridine rings is 1. The van der Waals surface area contributed by atoms with Gasteiger partial charge in [-0.1, -0.05) is 25.4 Å². The van der Waals surface area contributed by atoms with E-state index in [1.807, 2.05) is 13.0 Å². The van der Waals surface area contributed by atoms with Gasteiger partial charge in [0.2, 0.25) is 5.91 Å². The van der Waals surface area contributed by atoms with Crippen LogP contribution in [0.15, 0.2) is 29.3 Å². The van der Waals surface area contributed by atoms with Crippen LogP contribution in [-0.2, 0) is 11.2 Å². The van der Waals surface area contributed by atoms with Crippen molar-refractivity contribution >= 4 is 35.0 Å². The Kier molecular flexibility index (Phi) is 8.16. The molecule has 1 aromatic heterocycles. The van der Waals surface area contributed by atoms with Crippen LogP contribution in [0.25, 0.3) is 0 Å². The zero-order valence-corrected chi connectivity index (χ0v) is 18.1. The number of rotatable bonds is 8. The summed E-state index contributed by atoms with van der Waals surface area (Å²) in [6.07, 6.45) is 1.14. The predicted octanol–water partition coefficient (Wildman–Crippen LogP) is 5.24. The average molecular weight is 418 g/mol. The highest BCUT2D eigenvalue weighted by Gasteiger charge is 2.12. The van der Waals surface area contributed by atoms with Crippen molar-refractivity contribution in [3.8, 4) is 11.8 Å². The molecule has 28 heavy (non-hydrogen) atoms. The number of aromatic nitrogens is 1. The molecule has 0 bridgehead atoms. The molecule has 0 aliphatic heterocycles. The van der Waals surface area contributed by atoms with Crippen LogP contribution in [-0.4, -0.2) is 23.8 Å². The van der Waals surface area contributed by atoms with Crippen LogP contribution in [0, 0.1) is 24.2 Å². The third kappa shape index (κ3) is 6.15. The number of amides is 1. The molecule has 2 aromatic rings. The molecule has 1 aromatic carbocycles. The fourth-order valence-electron chi connectivity index (χ4n) is 2.59. The van der Waals surface area contributed by atoms with Crippen molar-refractivity contribution in [2.75, 3.05) is 18.2 Å². The van der Waals surface area contributed by atoms with Gasteiger partial charge in [-0.2, -0.15) is 5.26 Å². The van der Waals surface area contributed by atoms with E-state index >= 15 is 0 Å². The van der Waals surface area contributed by atoms with Gasteiger partial charge in [-0.05, 0) is 43.0 Å². The summed E-state index contributed by atoms with van der Waals surface area (Å²) in [4.78, 5) is 16.9. The maximum atomic E-state index is 12.3. The van der Waals surface area contributed by atoms with E-state index in [1.54, 1.807) is 18.2 Å². The minimum atomic E-state index is -0.135. The molecule has 0 spiro atoms. The molecule has 0 fully saturated rings. The van der Waals surface area contributed by atoms with Crippen molar-refractivity contribution in [1.82, 2.24) is 4.98 Å². The number of nitrogens with one attached hydrogen (secondary N) is 1. The third-order valence-electron chi connectivity index (χ3n) is 3.98. The van der Waals surface area contributed by atoms with Crippen LogP contribution in [0.1, 0.15) is 37.1 Å². The lowest BCUT2D eigenvalue weighted by atomic mass is 10.1. The van der Waals surface area contributed by atoms with Gasteiger partial charge >= 0.3 is 0 Å². The number of halogens is 1. The van der Waals surface area contributed by atoms with Gasteiger partial charge in [-0.25, -0.2) is 4.98 Å². The highest BCUT2D eigenvalue weighted by Crippen LogP contribution is 2.31. The number of thioether (sulfide) groups is 1. The van der Waals surface area contributed by atoms with E-state index in [2.05, 4.69) is 30.2 Å². The number of aryl methyl sites for hydroxylation is 1. The van der Waals surface area contributed by atoms with Crippen LogP contribution in [0.3, 0.4) is 0 Å². The lowest BCUT2D eigenvalue weighted by Gasteiger charge is -2.12. The molecule has 0 saturated carbocycles. The maximum Gasteiger partial charge on any atom is 0.225 e. The number of methoxy groups -OCH3 is 1. The van der Waals surface area contributed by atoms with Crippen LogP contribution in [0.4, 0.5) is 5.69 Å². The molecule has 1 amide bonds. The zero-order chi connectivity index (χ0) is 20.7. The van der Waals surface area contributed by atoms with Gasteiger partial charge in [0, 0.05) is 29.0 Å². The maximum absolute atomic E-state index is 12.3. The van der Waals surface area contributed by atoms with Gasteiger partial charge in [0.15, 0.2) is 0 Å². The van der Waals surface area contributed by atoms with Gasteiger partial charge in [0.05, 0.1) is 18.4 Å². The zero-order valence-electron chi connectivity index (χ0n) is 16.5. The van der Waals surface area contributed by atoms with E-state index in [-0.39, 0.29) is 12.3 Å². The minimum Gasteiger partial charge on any atom is -0.495 e. The highest BCUT2D eigenvalue weighted by molar-refractivity contribution is 7.99. The second-order valence-electron chi connectivity index (χ2n) is 6.81. The molecule has 1 N–H and O–H groups in total. The minimum absolute atomic E-state index is 0.135. The molecule has 0 aliphatic carbocycles. The normalized spacial score (nSPS) is 10.6. The van der Waals surface area contributed by atoms with Crippen molar-refractivity contribution in [2.45, 2.75) is 38.6 Å². The Balaban J connectivity index is 1.99. The first-order valence-electron chi connectivity index (χ1n) is 9.00. The molecular weight excluding hydrogens is 394 g/mol. The fraction of sp³-hybridized carbons (Fsp3) is 0.381. The summed E-state index contributed by atoms with van der Waals surface area (Å²) in [5.41, 5.74) is 2.95. The number of hydrogen-bond donors (Lipinski definition) is 1. The second-order valence-corrected chi connectivity index (χ2v) is 8.30. The Hall–Kier alpha value is -2.23. The van der Waals surface area contributed by atoms with E-state index in [9.17, 15) is 10.1 Å². The van der Waals surface area contributed by atoms with Crippen molar-refractivity contribution in [3.63, 3.8) is 0 Å². The molecule has 148 valence electrons. The Morgan fingerprint density at radius 1 is 1.39 bits per heavy atom. The van der Waals surface area contributed by atoms with E-state index in [1.165, 1.54) is 18.9 Å². The molecule has 0 aliphatic rings. The lowest BCUT2D eigenvalue weighted by molar-refractivity contribution is -0.115. The standard InChI is InChI=1S/C21H24ClN3O2S/c1-13(2)9-16-6-5-15(12-23)21(24-16)28-8-7-20(26)25-18-10-14(3)17(22)11-19(18)27-4/h5-6,10-11,13H,7-9H2,1-4H3,(H,25,26). The van der Waals surface area contributed by atoms with Crippen LogP contribution in [0.2, 0.25) is 5.02 Å². The molecule has 0 atom stereocenters.